The van der Waals surface area contributed by atoms with Gasteiger partial charge in [0.1, 0.15) is 0 Å². The SMILES string of the molecule is CSc1ccc(/C=C/C(=O)OCC(=O)N[C@@]2(C)CCS(=O)(=O)C2)cc1. The Hall–Kier alpha value is -1.80. The average molecular weight is 383 g/mol. The first-order valence-corrected chi connectivity index (χ1v) is 10.8. The summed E-state index contributed by atoms with van der Waals surface area (Å²) in [5.41, 5.74) is 0.0554. The second kappa shape index (κ2) is 8.05. The molecule has 8 heteroatoms. The summed E-state index contributed by atoms with van der Waals surface area (Å²) in [6.07, 6.45) is 5.20. The Morgan fingerprint density at radius 2 is 2.00 bits per heavy atom. The number of esters is 1. The summed E-state index contributed by atoms with van der Waals surface area (Å²) in [7, 11) is -3.11. The van der Waals surface area contributed by atoms with Gasteiger partial charge in [-0.25, -0.2) is 13.2 Å². The number of sulfone groups is 1. The van der Waals surface area contributed by atoms with Crippen LogP contribution in [0.15, 0.2) is 35.2 Å². The van der Waals surface area contributed by atoms with Crippen molar-refractivity contribution >= 4 is 39.6 Å². The summed E-state index contributed by atoms with van der Waals surface area (Å²) in [6.45, 7) is 1.24. The molecule has 2 rings (SSSR count). The molecule has 0 saturated carbocycles. The molecule has 0 aliphatic carbocycles. The van der Waals surface area contributed by atoms with Crippen LogP contribution in [-0.4, -0.2) is 50.2 Å². The summed E-state index contributed by atoms with van der Waals surface area (Å²) in [4.78, 5) is 24.7. The summed E-state index contributed by atoms with van der Waals surface area (Å²) >= 11 is 1.63. The fraction of sp³-hybridized carbons (Fsp3) is 0.412. The molecule has 1 fully saturated rings. The van der Waals surface area contributed by atoms with Gasteiger partial charge >= 0.3 is 5.97 Å². The molecule has 0 aromatic heterocycles. The van der Waals surface area contributed by atoms with Gasteiger partial charge in [0.05, 0.1) is 17.0 Å². The number of thioether (sulfide) groups is 1. The van der Waals surface area contributed by atoms with E-state index in [1.165, 1.54) is 6.08 Å². The van der Waals surface area contributed by atoms with Crippen LogP contribution in [0.2, 0.25) is 0 Å². The predicted molar refractivity (Wildman–Crippen MR) is 98.0 cm³/mol. The van der Waals surface area contributed by atoms with E-state index >= 15 is 0 Å². The Bertz CT molecular complexity index is 771. The van der Waals surface area contributed by atoms with Crippen LogP contribution in [0.25, 0.3) is 6.08 Å². The number of nitrogens with one attached hydrogen (secondary N) is 1. The molecule has 25 heavy (non-hydrogen) atoms. The van der Waals surface area contributed by atoms with E-state index in [9.17, 15) is 18.0 Å². The first-order valence-electron chi connectivity index (χ1n) is 7.72. The number of rotatable bonds is 6. The highest BCUT2D eigenvalue weighted by molar-refractivity contribution is 7.98. The Labute approximate surface area is 151 Å². The number of hydrogen-bond donors (Lipinski definition) is 1. The van der Waals surface area contributed by atoms with Gasteiger partial charge in [0.2, 0.25) is 0 Å². The zero-order chi connectivity index (χ0) is 18.5. The van der Waals surface area contributed by atoms with Crippen molar-refractivity contribution in [3.8, 4) is 0 Å². The van der Waals surface area contributed by atoms with Crippen LogP contribution in [0.3, 0.4) is 0 Å². The molecule has 6 nitrogen and oxygen atoms in total. The van der Waals surface area contributed by atoms with Crippen LogP contribution < -0.4 is 5.32 Å². The van der Waals surface area contributed by atoms with Gasteiger partial charge in [-0.05, 0) is 43.4 Å². The molecule has 0 unspecified atom stereocenters. The van der Waals surface area contributed by atoms with Crippen LogP contribution in [0, 0.1) is 0 Å². The van der Waals surface area contributed by atoms with Crippen LogP contribution in [-0.2, 0) is 24.2 Å². The number of amides is 1. The normalized spacial score (nSPS) is 22.0. The summed E-state index contributed by atoms with van der Waals surface area (Å²) in [6, 6.07) is 7.65. The van der Waals surface area contributed by atoms with Gasteiger partial charge in [0.25, 0.3) is 5.91 Å². The molecule has 136 valence electrons. The van der Waals surface area contributed by atoms with Gasteiger partial charge in [-0.3, -0.25) is 4.79 Å². The third kappa shape index (κ3) is 6.21. The molecule has 1 aliphatic heterocycles. The average Bonchev–Trinajstić information content (AvgIpc) is 2.84. The minimum atomic E-state index is -3.11. The first kappa shape index (κ1) is 19.5. The maximum atomic E-state index is 11.9. The predicted octanol–water partition coefficient (Wildman–Crippen LogP) is 1.66. The highest BCUT2D eigenvalue weighted by Gasteiger charge is 2.39. The first-order chi connectivity index (χ1) is 11.7. The summed E-state index contributed by atoms with van der Waals surface area (Å²) in [5, 5.41) is 2.63. The maximum Gasteiger partial charge on any atom is 0.331 e. The van der Waals surface area contributed by atoms with Gasteiger partial charge in [0, 0.05) is 11.0 Å². The van der Waals surface area contributed by atoms with E-state index in [0.717, 1.165) is 10.5 Å². The topological polar surface area (TPSA) is 89.5 Å². The number of ether oxygens (including phenoxy) is 1. The molecule has 1 N–H and O–H groups in total. The molecule has 1 aliphatic rings. The summed E-state index contributed by atoms with van der Waals surface area (Å²) in [5.74, 6) is -1.17. The number of carbonyl (C=O) groups is 2. The second-order valence-electron chi connectivity index (χ2n) is 6.17. The standard InChI is InChI=1S/C17H21NO5S2/c1-17(9-10-25(21,22)12-17)18-15(19)11-23-16(20)8-5-13-3-6-14(24-2)7-4-13/h3-8H,9-12H2,1-2H3,(H,18,19)/b8-5+/t17-/m0/s1. The molecule has 1 amide bonds. The van der Waals surface area contributed by atoms with Crippen molar-refractivity contribution in [3.05, 3.63) is 35.9 Å². The minimum Gasteiger partial charge on any atom is -0.452 e. The van der Waals surface area contributed by atoms with Crippen molar-refractivity contribution in [2.75, 3.05) is 24.4 Å². The van der Waals surface area contributed by atoms with Gasteiger partial charge < -0.3 is 10.1 Å². The van der Waals surface area contributed by atoms with Crippen molar-refractivity contribution in [3.63, 3.8) is 0 Å². The Kier molecular flexibility index (Phi) is 6.29. The van der Waals surface area contributed by atoms with Gasteiger partial charge in [-0.1, -0.05) is 12.1 Å². The van der Waals surface area contributed by atoms with E-state index in [1.807, 2.05) is 30.5 Å². The highest BCUT2D eigenvalue weighted by atomic mass is 32.2. The minimum absolute atomic E-state index is 0.0572. The highest BCUT2D eigenvalue weighted by Crippen LogP contribution is 2.22. The number of benzene rings is 1. The molecule has 0 radical (unpaired) electrons. The Morgan fingerprint density at radius 1 is 1.32 bits per heavy atom. The van der Waals surface area contributed by atoms with Crippen molar-refractivity contribution < 1.29 is 22.7 Å². The molecule has 0 bridgehead atoms. The van der Waals surface area contributed by atoms with Crippen molar-refractivity contribution in [2.45, 2.75) is 23.8 Å². The molecular formula is C17H21NO5S2. The third-order valence-electron chi connectivity index (χ3n) is 3.82. The van der Waals surface area contributed by atoms with Crippen LogP contribution in [0.4, 0.5) is 0 Å². The van der Waals surface area contributed by atoms with E-state index < -0.39 is 33.9 Å². The van der Waals surface area contributed by atoms with Crippen LogP contribution >= 0.6 is 11.8 Å². The van der Waals surface area contributed by atoms with Crippen molar-refractivity contribution in [2.24, 2.45) is 0 Å². The molecular weight excluding hydrogens is 362 g/mol. The number of hydrogen-bond acceptors (Lipinski definition) is 6. The molecule has 1 atom stereocenters. The Morgan fingerprint density at radius 3 is 2.56 bits per heavy atom. The van der Waals surface area contributed by atoms with E-state index in [2.05, 4.69) is 5.32 Å². The van der Waals surface area contributed by atoms with Crippen molar-refractivity contribution in [1.29, 1.82) is 0 Å². The van der Waals surface area contributed by atoms with E-state index in [0.29, 0.717) is 6.42 Å². The van der Waals surface area contributed by atoms with Crippen LogP contribution in [0.5, 0.6) is 0 Å². The smallest absolute Gasteiger partial charge is 0.331 e. The third-order valence-corrected chi connectivity index (χ3v) is 6.46. The molecule has 1 saturated heterocycles. The molecule has 1 aromatic carbocycles. The largest absolute Gasteiger partial charge is 0.452 e. The lowest BCUT2D eigenvalue weighted by Crippen LogP contribution is -2.48. The number of carbonyl (C=O) groups excluding carboxylic acids is 2. The fourth-order valence-electron chi connectivity index (χ4n) is 2.55. The van der Waals surface area contributed by atoms with Gasteiger partial charge in [-0.2, -0.15) is 0 Å². The summed E-state index contributed by atoms with van der Waals surface area (Å²) < 4.78 is 27.9. The maximum absolute atomic E-state index is 11.9. The lowest BCUT2D eigenvalue weighted by atomic mass is 10.0. The zero-order valence-corrected chi connectivity index (χ0v) is 15.8. The van der Waals surface area contributed by atoms with E-state index in [-0.39, 0.29) is 11.5 Å². The van der Waals surface area contributed by atoms with E-state index in [1.54, 1.807) is 24.8 Å². The Balaban J connectivity index is 1.79. The van der Waals surface area contributed by atoms with Crippen LogP contribution in [0.1, 0.15) is 18.9 Å². The van der Waals surface area contributed by atoms with E-state index in [4.69, 9.17) is 4.74 Å². The van der Waals surface area contributed by atoms with Gasteiger partial charge in [-0.15, -0.1) is 11.8 Å². The molecule has 1 heterocycles. The lowest BCUT2D eigenvalue weighted by molar-refractivity contribution is -0.144. The molecule has 0 spiro atoms. The monoisotopic (exact) mass is 383 g/mol. The second-order valence-corrected chi connectivity index (χ2v) is 9.23. The molecule has 1 aromatic rings. The van der Waals surface area contributed by atoms with Crippen molar-refractivity contribution in [1.82, 2.24) is 5.32 Å². The fourth-order valence-corrected chi connectivity index (χ4v) is 5.05. The van der Waals surface area contributed by atoms with Gasteiger partial charge in [0.15, 0.2) is 16.4 Å². The zero-order valence-electron chi connectivity index (χ0n) is 14.2. The lowest BCUT2D eigenvalue weighted by Gasteiger charge is -2.23. The quantitative estimate of drug-likeness (QED) is 0.456.